The Morgan fingerprint density at radius 2 is 1.78 bits per heavy atom. The third-order valence-corrected chi connectivity index (χ3v) is 5.95. The minimum atomic E-state index is -3.59. The fourth-order valence-electron chi connectivity index (χ4n) is 2.35. The van der Waals surface area contributed by atoms with Gasteiger partial charge in [0.15, 0.2) is 0 Å². The number of fused-ring (bicyclic) bond motifs is 1. The number of anilines is 1. The lowest BCUT2D eigenvalue weighted by Gasteiger charge is -2.10. The van der Waals surface area contributed by atoms with Gasteiger partial charge in [0.25, 0.3) is 10.0 Å². The molecule has 0 aliphatic heterocycles. The van der Waals surface area contributed by atoms with Gasteiger partial charge >= 0.3 is 0 Å². The van der Waals surface area contributed by atoms with Crippen molar-refractivity contribution in [3.8, 4) is 0 Å². The molecule has 0 saturated heterocycles. The Labute approximate surface area is 140 Å². The molecule has 0 fully saturated rings. The summed E-state index contributed by atoms with van der Waals surface area (Å²) in [5, 5.41) is 0.962. The number of nitrogens with one attached hydrogen (secondary N) is 1. The van der Waals surface area contributed by atoms with E-state index in [0.717, 1.165) is 20.8 Å². The Bertz CT molecular complexity index is 942. The lowest BCUT2D eigenvalue weighted by Crippen LogP contribution is -2.12. The summed E-state index contributed by atoms with van der Waals surface area (Å²) < 4.78 is 28.7. The van der Waals surface area contributed by atoms with Gasteiger partial charge in [-0.2, -0.15) is 0 Å². The van der Waals surface area contributed by atoms with Gasteiger partial charge in [-0.3, -0.25) is 4.72 Å². The highest BCUT2D eigenvalue weighted by Crippen LogP contribution is 2.26. The maximum absolute atomic E-state index is 12.5. The Kier molecular flexibility index (Phi) is 4.12. The third kappa shape index (κ3) is 3.38. The van der Waals surface area contributed by atoms with E-state index in [1.165, 1.54) is 0 Å². The Hall–Kier alpha value is -1.92. The smallest absolute Gasteiger partial charge is 0.261 e. The molecular formula is C17H18N2O2S2. The molecule has 0 atom stereocenters. The number of aromatic nitrogens is 1. The van der Waals surface area contributed by atoms with E-state index in [9.17, 15) is 8.42 Å². The van der Waals surface area contributed by atoms with Crippen molar-refractivity contribution < 1.29 is 8.42 Å². The third-order valence-electron chi connectivity index (χ3n) is 3.60. The molecule has 0 unspecified atom stereocenters. The maximum atomic E-state index is 12.5. The molecule has 0 aliphatic rings. The van der Waals surface area contributed by atoms with Crippen molar-refractivity contribution in [3.05, 3.63) is 53.0 Å². The topological polar surface area (TPSA) is 59.1 Å². The summed E-state index contributed by atoms with van der Waals surface area (Å²) in [6, 6.07) is 12.4. The number of aryl methyl sites for hydroxylation is 1. The second-order valence-corrected chi connectivity index (χ2v) is 8.66. The Morgan fingerprint density at radius 1 is 1.09 bits per heavy atom. The van der Waals surface area contributed by atoms with Crippen molar-refractivity contribution in [3.63, 3.8) is 0 Å². The van der Waals surface area contributed by atoms with E-state index in [4.69, 9.17) is 0 Å². The predicted octanol–water partition coefficient (Wildman–Crippen LogP) is 4.53. The largest absolute Gasteiger partial charge is 0.280 e. The van der Waals surface area contributed by atoms with E-state index in [1.807, 2.05) is 25.1 Å². The average Bonchev–Trinajstić information content (AvgIpc) is 2.86. The zero-order valence-electron chi connectivity index (χ0n) is 13.2. The normalized spacial score (nSPS) is 12.0. The van der Waals surface area contributed by atoms with Crippen molar-refractivity contribution in [1.82, 2.24) is 4.98 Å². The van der Waals surface area contributed by atoms with Gasteiger partial charge in [-0.1, -0.05) is 26.0 Å². The predicted molar refractivity (Wildman–Crippen MR) is 95.7 cm³/mol. The van der Waals surface area contributed by atoms with Gasteiger partial charge in [0.05, 0.1) is 25.8 Å². The lowest BCUT2D eigenvalue weighted by atomic mass is 10.0. The van der Waals surface area contributed by atoms with Crippen LogP contribution in [-0.4, -0.2) is 13.4 Å². The highest BCUT2D eigenvalue weighted by molar-refractivity contribution is 7.92. The lowest BCUT2D eigenvalue weighted by molar-refractivity contribution is 0.601. The van der Waals surface area contributed by atoms with Gasteiger partial charge in [0.2, 0.25) is 0 Å². The summed E-state index contributed by atoms with van der Waals surface area (Å²) in [4.78, 5) is 4.65. The Balaban J connectivity index is 1.89. The molecule has 0 bridgehead atoms. The van der Waals surface area contributed by atoms with Gasteiger partial charge < -0.3 is 0 Å². The van der Waals surface area contributed by atoms with Crippen LogP contribution < -0.4 is 4.72 Å². The van der Waals surface area contributed by atoms with Gasteiger partial charge in [-0.05, 0) is 48.7 Å². The molecule has 0 saturated carbocycles. The second kappa shape index (κ2) is 5.94. The van der Waals surface area contributed by atoms with Crippen molar-refractivity contribution >= 4 is 37.3 Å². The van der Waals surface area contributed by atoms with Gasteiger partial charge in [-0.25, -0.2) is 13.4 Å². The van der Waals surface area contributed by atoms with Crippen LogP contribution in [-0.2, 0) is 10.0 Å². The fraction of sp³-hybridized carbons (Fsp3) is 0.235. The summed E-state index contributed by atoms with van der Waals surface area (Å²) in [5.74, 6) is 0.370. The molecule has 1 N–H and O–H groups in total. The van der Waals surface area contributed by atoms with E-state index in [0.29, 0.717) is 11.6 Å². The van der Waals surface area contributed by atoms with Crippen LogP contribution in [0.1, 0.15) is 30.3 Å². The number of sulfonamides is 1. The van der Waals surface area contributed by atoms with E-state index in [-0.39, 0.29) is 4.90 Å². The SMILES string of the molecule is Cc1nc2cc(NS(=O)(=O)c3ccc(C(C)C)cc3)ccc2s1. The number of nitrogens with zero attached hydrogens (tertiary/aromatic N) is 1. The first-order valence-electron chi connectivity index (χ1n) is 7.35. The first kappa shape index (κ1) is 16.0. The second-order valence-electron chi connectivity index (χ2n) is 5.74. The summed E-state index contributed by atoms with van der Waals surface area (Å²) in [7, 11) is -3.59. The van der Waals surface area contributed by atoms with Crippen LogP contribution in [0.4, 0.5) is 5.69 Å². The van der Waals surface area contributed by atoms with Crippen LogP contribution in [0, 0.1) is 6.92 Å². The summed E-state index contributed by atoms with van der Waals surface area (Å²) >= 11 is 1.59. The zero-order valence-corrected chi connectivity index (χ0v) is 14.8. The highest BCUT2D eigenvalue weighted by Gasteiger charge is 2.15. The molecule has 23 heavy (non-hydrogen) atoms. The molecule has 2 aromatic carbocycles. The molecule has 1 aromatic heterocycles. The molecule has 120 valence electrons. The minimum Gasteiger partial charge on any atom is -0.280 e. The van der Waals surface area contributed by atoms with Crippen LogP contribution in [0.3, 0.4) is 0 Å². The number of hydrogen-bond donors (Lipinski definition) is 1. The standard InChI is InChI=1S/C17H18N2O2S2/c1-11(2)13-4-7-15(8-5-13)23(20,21)19-14-6-9-17-16(10-14)18-12(3)22-17/h4-11,19H,1-3H3. The first-order chi connectivity index (χ1) is 10.8. The number of hydrogen-bond acceptors (Lipinski definition) is 4. The van der Waals surface area contributed by atoms with Gasteiger partial charge in [0.1, 0.15) is 0 Å². The molecule has 4 nitrogen and oxygen atoms in total. The average molecular weight is 346 g/mol. The first-order valence-corrected chi connectivity index (χ1v) is 9.65. The van der Waals surface area contributed by atoms with Crippen molar-refractivity contribution in [1.29, 1.82) is 0 Å². The van der Waals surface area contributed by atoms with Crippen LogP contribution in [0.5, 0.6) is 0 Å². The highest BCUT2D eigenvalue weighted by atomic mass is 32.2. The molecule has 0 aliphatic carbocycles. The van der Waals surface area contributed by atoms with Crippen LogP contribution in [0.15, 0.2) is 47.4 Å². The summed E-state index contributed by atoms with van der Waals surface area (Å²) in [6.45, 7) is 6.09. The summed E-state index contributed by atoms with van der Waals surface area (Å²) in [6.07, 6.45) is 0. The molecule has 3 aromatic rings. The number of thiazole rings is 1. The monoisotopic (exact) mass is 346 g/mol. The van der Waals surface area contributed by atoms with Crippen molar-refractivity contribution in [2.45, 2.75) is 31.6 Å². The number of rotatable bonds is 4. The molecule has 3 rings (SSSR count). The van der Waals surface area contributed by atoms with Crippen molar-refractivity contribution in [2.24, 2.45) is 0 Å². The minimum absolute atomic E-state index is 0.261. The molecule has 0 spiro atoms. The van der Waals surface area contributed by atoms with Gasteiger partial charge in [0, 0.05) is 0 Å². The van der Waals surface area contributed by atoms with E-state index in [1.54, 1.807) is 35.6 Å². The van der Waals surface area contributed by atoms with Crippen LogP contribution >= 0.6 is 11.3 Å². The van der Waals surface area contributed by atoms with Gasteiger partial charge in [-0.15, -0.1) is 11.3 Å². The van der Waals surface area contributed by atoms with Crippen molar-refractivity contribution in [2.75, 3.05) is 4.72 Å². The molecule has 6 heteroatoms. The maximum Gasteiger partial charge on any atom is 0.261 e. The molecule has 0 radical (unpaired) electrons. The van der Waals surface area contributed by atoms with E-state index >= 15 is 0 Å². The quantitative estimate of drug-likeness (QED) is 0.755. The molecule has 0 amide bonds. The Morgan fingerprint density at radius 3 is 2.43 bits per heavy atom. The zero-order chi connectivity index (χ0) is 16.6. The van der Waals surface area contributed by atoms with Crippen LogP contribution in [0.25, 0.3) is 10.2 Å². The fourth-order valence-corrected chi connectivity index (χ4v) is 4.21. The number of benzene rings is 2. The molecular weight excluding hydrogens is 328 g/mol. The summed E-state index contributed by atoms with van der Waals surface area (Å²) in [5.41, 5.74) is 2.45. The van der Waals surface area contributed by atoms with Crippen LogP contribution in [0.2, 0.25) is 0 Å². The molecule has 1 heterocycles. The van der Waals surface area contributed by atoms with E-state index in [2.05, 4.69) is 23.6 Å². The van der Waals surface area contributed by atoms with E-state index < -0.39 is 10.0 Å².